The number of amides is 1. The molecular formula is C21H25NO4. The first-order chi connectivity index (χ1) is 12.6. The molecule has 1 amide bonds. The van der Waals surface area contributed by atoms with E-state index in [-0.39, 0.29) is 12.5 Å². The van der Waals surface area contributed by atoms with Crippen LogP contribution in [-0.2, 0) is 11.2 Å². The van der Waals surface area contributed by atoms with Crippen LogP contribution in [0.5, 0.6) is 11.5 Å². The van der Waals surface area contributed by atoms with E-state index in [0.717, 1.165) is 17.7 Å². The third kappa shape index (κ3) is 6.59. The molecule has 0 atom stereocenters. The van der Waals surface area contributed by atoms with Crippen LogP contribution in [0.25, 0.3) is 0 Å². The zero-order chi connectivity index (χ0) is 18.8. The van der Waals surface area contributed by atoms with Gasteiger partial charge in [-0.1, -0.05) is 38.1 Å². The average molecular weight is 355 g/mol. The Balaban J connectivity index is 1.70. The second-order valence-corrected chi connectivity index (χ2v) is 6.39. The van der Waals surface area contributed by atoms with Crippen molar-refractivity contribution in [2.24, 2.45) is 5.92 Å². The SMILES string of the molecule is CC(C)COc1ccc(CCNC(=O)COc2ccccc2C=O)cc1. The Bertz CT molecular complexity index is 710. The highest BCUT2D eigenvalue weighted by Crippen LogP contribution is 2.15. The van der Waals surface area contributed by atoms with Gasteiger partial charge in [0.05, 0.1) is 12.2 Å². The molecule has 0 heterocycles. The van der Waals surface area contributed by atoms with Crippen molar-refractivity contribution in [2.75, 3.05) is 19.8 Å². The van der Waals surface area contributed by atoms with Crippen molar-refractivity contribution in [3.63, 3.8) is 0 Å². The standard InChI is InChI=1S/C21H25NO4/c1-16(2)14-25-19-9-7-17(8-10-19)11-12-22-21(24)15-26-20-6-4-3-5-18(20)13-23/h3-10,13,16H,11-12,14-15H2,1-2H3,(H,22,24). The van der Waals surface area contributed by atoms with Gasteiger partial charge in [0.25, 0.3) is 5.91 Å². The molecular weight excluding hydrogens is 330 g/mol. The molecule has 2 aromatic carbocycles. The highest BCUT2D eigenvalue weighted by Gasteiger charge is 2.06. The van der Waals surface area contributed by atoms with Crippen LogP contribution in [0, 0.1) is 5.92 Å². The van der Waals surface area contributed by atoms with E-state index in [4.69, 9.17) is 9.47 Å². The molecule has 0 aliphatic heterocycles. The molecule has 2 aromatic rings. The normalized spacial score (nSPS) is 10.4. The summed E-state index contributed by atoms with van der Waals surface area (Å²) in [6.07, 6.45) is 1.43. The summed E-state index contributed by atoms with van der Waals surface area (Å²) in [6, 6.07) is 14.7. The van der Waals surface area contributed by atoms with Crippen LogP contribution in [0.15, 0.2) is 48.5 Å². The lowest BCUT2D eigenvalue weighted by atomic mass is 10.1. The Morgan fingerprint density at radius 3 is 2.50 bits per heavy atom. The lowest BCUT2D eigenvalue weighted by Crippen LogP contribution is -2.30. The molecule has 0 saturated heterocycles. The summed E-state index contributed by atoms with van der Waals surface area (Å²) in [7, 11) is 0. The molecule has 1 N–H and O–H groups in total. The molecule has 2 rings (SSSR count). The number of para-hydroxylation sites is 1. The minimum absolute atomic E-state index is 0.118. The summed E-state index contributed by atoms with van der Waals surface area (Å²) >= 11 is 0. The van der Waals surface area contributed by atoms with Crippen LogP contribution in [0.1, 0.15) is 29.8 Å². The fourth-order valence-corrected chi connectivity index (χ4v) is 2.27. The minimum atomic E-state index is -0.220. The maximum absolute atomic E-state index is 11.9. The Hall–Kier alpha value is -2.82. The van der Waals surface area contributed by atoms with Gasteiger partial charge in [-0.2, -0.15) is 0 Å². The molecule has 0 aromatic heterocycles. The predicted octanol–water partition coefficient (Wildman–Crippen LogP) is 3.27. The minimum Gasteiger partial charge on any atom is -0.493 e. The summed E-state index contributed by atoms with van der Waals surface area (Å²) in [6.45, 7) is 5.32. The monoisotopic (exact) mass is 355 g/mol. The van der Waals surface area contributed by atoms with E-state index in [0.29, 0.717) is 36.7 Å². The molecule has 26 heavy (non-hydrogen) atoms. The van der Waals surface area contributed by atoms with Gasteiger partial charge in [0.15, 0.2) is 12.9 Å². The summed E-state index contributed by atoms with van der Waals surface area (Å²) < 4.78 is 11.0. The molecule has 0 aliphatic rings. The van der Waals surface area contributed by atoms with Crippen LogP contribution in [0.4, 0.5) is 0 Å². The Morgan fingerprint density at radius 1 is 1.08 bits per heavy atom. The molecule has 0 spiro atoms. The zero-order valence-corrected chi connectivity index (χ0v) is 15.2. The van der Waals surface area contributed by atoms with E-state index in [1.807, 2.05) is 24.3 Å². The highest BCUT2D eigenvalue weighted by molar-refractivity contribution is 5.80. The number of hydrogen-bond acceptors (Lipinski definition) is 4. The van der Waals surface area contributed by atoms with Gasteiger partial charge in [0.1, 0.15) is 11.5 Å². The van der Waals surface area contributed by atoms with E-state index >= 15 is 0 Å². The molecule has 5 nitrogen and oxygen atoms in total. The number of benzene rings is 2. The third-order valence-corrected chi connectivity index (χ3v) is 3.65. The Labute approximate surface area is 154 Å². The lowest BCUT2D eigenvalue weighted by Gasteiger charge is -2.10. The summed E-state index contributed by atoms with van der Waals surface area (Å²) in [5.41, 5.74) is 1.55. The first-order valence-electron chi connectivity index (χ1n) is 8.74. The van der Waals surface area contributed by atoms with Crippen LogP contribution in [0.3, 0.4) is 0 Å². The topological polar surface area (TPSA) is 64.6 Å². The van der Waals surface area contributed by atoms with Crippen molar-refractivity contribution in [1.29, 1.82) is 0 Å². The molecule has 0 bridgehead atoms. The van der Waals surface area contributed by atoms with Crippen molar-refractivity contribution >= 4 is 12.2 Å². The maximum Gasteiger partial charge on any atom is 0.257 e. The smallest absolute Gasteiger partial charge is 0.257 e. The van der Waals surface area contributed by atoms with Gasteiger partial charge in [-0.05, 0) is 42.2 Å². The van der Waals surface area contributed by atoms with Crippen LogP contribution in [-0.4, -0.2) is 32.0 Å². The van der Waals surface area contributed by atoms with Gasteiger partial charge in [0, 0.05) is 6.54 Å². The second kappa shape index (κ2) is 10.2. The molecule has 138 valence electrons. The van der Waals surface area contributed by atoms with E-state index < -0.39 is 0 Å². The van der Waals surface area contributed by atoms with Crippen molar-refractivity contribution in [3.8, 4) is 11.5 Å². The summed E-state index contributed by atoms with van der Waals surface area (Å²) in [5.74, 6) is 1.54. The quantitative estimate of drug-likeness (QED) is 0.664. The number of hydrogen-bond donors (Lipinski definition) is 1. The van der Waals surface area contributed by atoms with Gasteiger partial charge in [0.2, 0.25) is 0 Å². The lowest BCUT2D eigenvalue weighted by molar-refractivity contribution is -0.123. The van der Waals surface area contributed by atoms with E-state index in [1.165, 1.54) is 0 Å². The van der Waals surface area contributed by atoms with E-state index in [9.17, 15) is 9.59 Å². The van der Waals surface area contributed by atoms with Crippen molar-refractivity contribution in [1.82, 2.24) is 5.32 Å². The number of carbonyl (C=O) groups is 2. The number of nitrogens with one attached hydrogen (secondary N) is 1. The highest BCUT2D eigenvalue weighted by atomic mass is 16.5. The largest absolute Gasteiger partial charge is 0.493 e. The van der Waals surface area contributed by atoms with Crippen molar-refractivity contribution in [2.45, 2.75) is 20.3 Å². The zero-order valence-electron chi connectivity index (χ0n) is 15.2. The van der Waals surface area contributed by atoms with E-state index in [2.05, 4.69) is 19.2 Å². The Kier molecular flexibility index (Phi) is 7.68. The van der Waals surface area contributed by atoms with E-state index in [1.54, 1.807) is 24.3 Å². The van der Waals surface area contributed by atoms with Gasteiger partial charge in [-0.3, -0.25) is 9.59 Å². The van der Waals surface area contributed by atoms with Gasteiger partial charge in [-0.15, -0.1) is 0 Å². The number of rotatable bonds is 10. The molecule has 5 heteroatoms. The van der Waals surface area contributed by atoms with Gasteiger partial charge in [-0.25, -0.2) is 0 Å². The molecule has 0 fully saturated rings. The van der Waals surface area contributed by atoms with Crippen molar-refractivity contribution < 1.29 is 19.1 Å². The third-order valence-electron chi connectivity index (χ3n) is 3.65. The number of aldehydes is 1. The molecule has 0 aliphatic carbocycles. The summed E-state index contributed by atoms with van der Waals surface area (Å²) in [5, 5.41) is 2.81. The Morgan fingerprint density at radius 2 is 1.81 bits per heavy atom. The second-order valence-electron chi connectivity index (χ2n) is 6.39. The molecule has 0 unspecified atom stereocenters. The van der Waals surface area contributed by atoms with Gasteiger partial charge < -0.3 is 14.8 Å². The van der Waals surface area contributed by atoms with Crippen molar-refractivity contribution in [3.05, 3.63) is 59.7 Å². The molecule has 0 radical (unpaired) electrons. The number of carbonyl (C=O) groups excluding carboxylic acids is 2. The first kappa shape index (κ1) is 19.5. The molecule has 0 saturated carbocycles. The fraction of sp³-hybridized carbons (Fsp3) is 0.333. The average Bonchev–Trinajstić information content (AvgIpc) is 2.66. The van der Waals surface area contributed by atoms with Gasteiger partial charge >= 0.3 is 0 Å². The predicted molar refractivity (Wildman–Crippen MR) is 101 cm³/mol. The fourth-order valence-electron chi connectivity index (χ4n) is 2.27. The maximum atomic E-state index is 11.9. The van der Waals surface area contributed by atoms with Crippen LogP contribution < -0.4 is 14.8 Å². The number of ether oxygens (including phenoxy) is 2. The van der Waals surface area contributed by atoms with Crippen LogP contribution in [0.2, 0.25) is 0 Å². The summed E-state index contributed by atoms with van der Waals surface area (Å²) in [4.78, 5) is 22.8. The first-order valence-corrected chi connectivity index (χ1v) is 8.74. The van der Waals surface area contributed by atoms with Crippen LogP contribution >= 0.6 is 0 Å².